The SMILES string of the molecule is CC(OC(=O)c1ccc2ccccc2c1O)C(=O)Nc1ccccc1. The lowest BCUT2D eigenvalue weighted by Crippen LogP contribution is -2.30. The molecule has 1 unspecified atom stereocenters. The molecule has 0 aliphatic rings. The molecule has 0 aliphatic carbocycles. The maximum Gasteiger partial charge on any atom is 0.342 e. The third-order valence-corrected chi connectivity index (χ3v) is 3.81. The summed E-state index contributed by atoms with van der Waals surface area (Å²) in [6.45, 7) is 1.48. The molecule has 0 heterocycles. The van der Waals surface area contributed by atoms with E-state index in [-0.39, 0.29) is 11.3 Å². The number of hydrogen-bond donors (Lipinski definition) is 2. The zero-order valence-electron chi connectivity index (χ0n) is 13.6. The Kier molecular flexibility index (Phi) is 4.66. The Morgan fingerprint density at radius 1 is 0.960 bits per heavy atom. The van der Waals surface area contributed by atoms with E-state index in [0.717, 1.165) is 5.39 Å². The number of benzene rings is 3. The number of carbonyl (C=O) groups excluding carboxylic acids is 2. The highest BCUT2D eigenvalue weighted by Gasteiger charge is 2.21. The summed E-state index contributed by atoms with van der Waals surface area (Å²) in [5, 5.41) is 14.3. The number of hydrogen-bond acceptors (Lipinski definition) is 4. The second-order valence-corrected chi connectivity index (χ2v) is 5.59. The van der Waals surface area contributed by atoms with Crippen LogP contribution in [0.5, 0.6) is 5.75 Å². The van der Waals surface area contributed by atoms with Crippen molar-refractivity contribution in [3.8, 4) is 5.75 Å². The Morgan fingerprint density at radius 3 is 2.40 bits per heavy atom. The lowest BCUT2D eigenvalue weighted by atomic mass is 10.1. The van der Waals surface area contributed by atoms with Crippen molar-refractivity contribution in [1.29, 1.82) is 0 Å². The van der Waals surface area contributed by atoms with Gasteiger partial charge in [0.05, 0.1) is 0 Å². The van der Waals surface area contributed by atoms with Gasteiger partial charge in [0, 0.05) is 11.1 Å². The van der Waals surface area contributed by atoms with Crippen LogP contribution in [0.2, 0.25) is 0 Å². The van der Waals surface area contributed by atoms with Crippen molar-refractivity contribution in [2.45, 2.75) is 13.0 Å². The molecule has 3 aromatic rings. The molecule has 1 atom stereocenters. The van der Waals surface area contributed by atoms with Crippen LogP contribution in [-0.2, 0) is 9.53 Å². The summed E-state index contributed by atoms with van der Waals surface area (Å²) in [7, 11) is 0. The van der Waals surface area contributed by atoms with E-state index in [2.05, 4.69) is 5.32 Å². The fraction of sp³-hybridized carbons (Fsp3) is 0.100. The predicted octanol–water partition coefficient (Wildman–Crippen LogP) is 3.73. The molecule has 0 aliphatic heterocycles. The van der Waals surface area contributed by atoms with E-state index in [1.54, 1.807) is 42.5 Å². The molecule has 3 aromatic carbocycles. The van der Waals surface area contributed by atoms with E-state index in [1.807, 2.05) is 18.2 Å². The first-order valence-electron chi connectivity index (χ1n) is 7.84. The Labute approximate surface area is 144 Å². The standard InChI is InChI=1S/C20H17NO4/c1-13(19(23)21-15-8-3-2-4-9-15)25-20(24)17-12-11-14-7-5-6-10-16(14)18(17)22/h2-13,22H,1H3,(H,21,23). The van der Waals surface area contributed by atoms with Gasteiger partial charge >= 0.3 is 5.97 Å². The van der Waals surface area contributed by atoms with Crippen LogP contribution in [0.4, 0.5) is 5.69 Å². The van der Waals surface area contributed by atoms with Gasteiger partial charge in [0.15, 0.2) is 6.10 Å². The van der Waals surface area contributed by atoms with Crippen LogP contribution in [0.1, 0.15) is 17.3 Å². The molecule has 25 heavy (non-hydrogen) atoms. The maximum absolute atomic E-state index is 12.3. The molecule has 0 radical (unpaired) electrons. The van der Waals surface area contributed by atoms with Gasteiger partial charge in [-0.3, -0.25) is 4.79 Å². The molecule has 2 N–H and O–H groups in total. The smallest absolute Gasteiger partial charge is 0.342 e. The molecule has 0 saturated heterocycles. The number of esters is 1. The Hall–Kier alpha value is -3.34. The summed E-state index contributed by atoms with van der Waals surface area (Å²) in [6, 6.07) is 19.3. The minimum absolute atomic E-state index is 0.0260. The summed E-state index contributed by atoms with van der Waals surface area (Å²) in [6.07, 6.45) is -1.00. The van der Waals surface area contributed by atoms with E-state index in [1.165, 1.54) is 13.0 Å². The van der Waals surface area contributed by atoms with Gasteiger partial charge in [-0.1, -0.05) is 48.5 Å². The number of anilines is 1. The number of nitrogens with one attached hydrogen (secondary N) is 1. The number of phenolic OH excluding ortho intramolecular Hbond substituents is 1. The second kappa shape index (κ2) is 7.05. The highest BCUT2D eigenvalue weighted by atomic mass is 16.5. The quantitative estimate of drug-likeness (QED) is 0.712. The van der Waals surface area contributed by atoms with Gasteiger partial charge in [-0.2, -0.15) is 0 Å². The molecule has 126 valence electrons. The van der Waals surface area contributed by atoms with Gasteiger partial charge in [0.25, 0.3) is 5.91 Å². The normalized spacial score (nSPS) is 11.7. The summed E-state index contributed by atoms with van der Waals surface area (Å²) < 4.78 is 5.19. The Morgan fingerprint density at radius 2 is 1.64 bits per heavy atom. The van der Waals surface area contributed by atoms with Gasteiger partial charge in [0.1, 0.15) is 11.3 Å². The minimum Gasteiger partial charge on any atom is -0.506 e. The van der Waals surface area contributed by atoms with Crippen molar-refractivity contribution < 1.29 is 19.4 Å². The summed E-state index contributed by atoms with van der Waals surface area (Å²) in [4.78, 5) is 24.4. The fourth-order valence-corrected chi connectivity index (χ4v) is 2.46. The van der Waals surface area contributed by atoms with Gasteiger partial charge in [-0.25, -0.2) is 4.79 Å². The molecule has 1 amide bonds. The van der Waals surface area contributed by atoms with Crippen molar-refractivity contribution >= 4 is 28.3 Å². The lowest BCUT2D eigenvalue weighted by Gasteiger charge is -2.14. The number of phenols is 1. The number of amides is 1. The van der Waals surface area contributed by atoms with Crippen molar-refractivity contribution in [3.63, 3.8) is 0 Å². The van der Waals surface area contributed by atoms with E-state index in [9.17, 15) is 14.7 Å². The first-order valence-corrected chi connectivity index (χ1v) is 7.84. The zero-order chi connectivity index (χ0) is 17.8. The van der Waals surface area contributed by atoms with Gasteiger partial charge in [-0.15, -0.1) is 0 Å². The van der Waals surface area contributed by atoms with Crippen LogP contribution in [0.15, 0.2) is 66.7 Å². The number of rotatable bonds is 4. The van der Waals surface area contributed by atoms with E-state index < -0.39 is 18.0 Å². The monoisotopic (exact) mass is 335 g/mol. The third-order valence-electron chi connectivity index (χ3n) is 3.81. The van der Waals surface area contributed by atoms with Crippen LogP contribution in [0.3, 0.4) is 0 Å². The molecule has 0 aromatic heterocycles. The number of para-hydroxylation sites is 1. The summed E-state index contributed by atoms with van der Waals surface area (Å²) in [5.74, 6) is -1.35. The molecular formula is C20H17NO4. The first kappa shape index (κ1) is 16.5. The van der Waals surface area contributed by atoms with Gasteiger partial charge in [0.2, 0.25) is 0 Å². The molecule has 3 rings (SSSR count). The van der Waals surface area contributed by atoms with Crippen LogP contribution in [-0.4, -0.2) is 23.1 Å². The minimum atomic E-state index is -1.00. The molecule has 0 saturated carbocycles. The number of ether oxygens (including phenoxy) is 1. The Bertz CT molecular complexity index is 921. The summed E-state index contributed by atoms with van der Waals surface area (Å²) >= 11 is 0. The average Bonchev–Trinajstić information content (AvgIpc) is 2.63. The van der Waals surface area contributed by atoms with Crippen LogP contribution in [0.25, 0.3) is 10.8 Å². The van der Waals surface area contributed by atoms with Crippen molar-refractivity contribution in [2.75, 3.05) is 5.32 Å². The fourth-order valence-electron chi connectivity index (χ4n) is 2.46. The number of aromatic hydroxyl groups is 1. The van der Waals surface area contributed by atoms with Crippen molar-refractivity contribution in [2.24, 2.45) is 0 Å². The van der Waals surface area contributed by atoms with Crippen LogP contribution < -0.4 is 5.32 Å². The third kappa shape index (κ3) is 3.61. The highest BCUT2D eigenvalue weighted by molar-refractivity contribution is 6.02. The molecule has 5 heteroatoms. The molecule has 0 fully saturated rings. The van der Waals surface area contributed by atoms with E-state index >= 15 is 0 Å². The average molecular weight is 335 g/mol. The van der Waals surface area contributed by atoms with Crippen LogP contribution in [0, 0.1) is 0 Å². The lowest BCUT2D eigenvalue weighted by molar-refractivity contribution is -0.123. The van der Waals surface area contributed by atoms with Crippen LogP contribution >= 0.6 is 0 Å². The summed E-state index contributed by atoms with van der Waals surface area (Å²) in [5.41, 5.74) is 0.641. The number of fused-ring (bicyclic) bond motifs is 1. The van der Waals surface area contributed by atoms with E-state index in [0.29, 0.717) is 11.1 Å². The van der Waals surface area contributed by atoms with Crippen molar-refractivity contribution in [3.05, 3.63) is 72.3 Å². The Balaban J connectivity index is 1.73. The van der Waals surface area contributed by atoms with Gasteiger partial charge < -0.3 is 15.2 Å². The number of carbonyl (C=O) groups is 2. The molecular weight excluding hydrogens is 318 g/mol. The van der Waals surface area contributed by atoms with Crippen molar-refractivity contribution in [1.82, 2.24) is 0 Å². The topological polar surface area (TPSA) is 75.6 Å². The maximum atomic E-state index is 12.3. The first-order chi connectivity index (χ1) is 12.1. The molecule has 0 bridgehead atoms. The van der Waals surface area contributed by atoms with E-state index in [4.69, 9.17) is 4.74 Å². The zero-order valence-corrected chi connectivity index (χ0v) is 13.6. The largest absolute Gasteiger partial charge is 0.506 e. The molecule has 0 spiro atoms. The molecule has 5 nitrogen and oxygen atoms in total. The highest BCUT2D eigenvalue weighted by Crippen LogP contribution is 2.29. The van der Waals surface area contributed by atoms with Gasteiger partial charge in [-0.05, 0) is 30.5 Å². The second-order valence-electron chi connectivity index (χ2n) is 5.59. The predicted molar refractivity (Wildman–Crippen MR) is 95.6 cm³/mol.